The van der Waals surface area contributed by atoms with E-state index in [0.29, 0.717) is 25.1 Å². The summed E-state index contributed by atoms with van der Waals surface area (Å²) in [7, 11) is 0. The van der Waals surface area contributed by atoms with Crippen LogP contribution in [0.3, 0.4) is 0 Å². The molecule has 2 aromatic carbocycles. The van der Waals surface area contributed by atoms with E-state index in [1.54, 1.807) is 4.90 Å². The first kappa shape index (κ1) is 19.0. The number of carbonyl (C=O) groups excluding carboxylic acids is 1. The van der Waals surface area contributed by atoms with Crippen LogP contribution in [-0.2, 0) is 11.3 Å². The lowest BCUT2D eigenvalue weighted by atomic mass is 10.1. The van der Waals surface area contributed by atoms with Gasteiger partial charge in [0.25, 0.3) is 5.91 Å². The summed E-state index contributed by atoms with van der Waals surface area (Å²) >= 11 is 0. The number of benzene rings is 2. The number of fused-ring (bicyclic) bond motifs is 1. The first-order valence-corrected chi connectivity index (χ1v) is 9.41. The maximum Gasteiger partial charge on any atom is 0.303 e. The second-order valence-electron chi connectivity index (χ2n) is 6.92. The minimum absolute atomic E-state index is 0.00900. The zero-order valence-corrected chi connectivity index (χ0v) is 15.6. The molecule has 0 atom stereocenters. The molecule has 0 aliphatic carbocycles. The molecule has 5 heteroatoms. The van der Waals surface area contributed by atoms with E-state index in [4.69, 9.17) is 9.84 Å². The number of aliphatic carboxylic acids is 1. The van der Waals surface area contributed by atoms with Gasteiger partial charge in [-0.25, -0.2) is 0 Å². The molecule has 27 heavy (non-hydrogen) atoms. The Hall–Kier alpha value is -2.82. The van der Waals surface area contributed by atoms with Crippen LogP contribution >= 0.6 is 0 Å². The molecule has 0 saturated carbocycles. The quantitative estimate of drug-likeness (QED) is 0.659. The molecule has 1 heterocycles. The Morgan fingerprint density at radius 2 is 1.89 bits per heavy atom. The Bertz CT molecular complexity index is 831. The van der Waals surface area contributed by atoms with Crippen molar-refractivity contribution in [2.75, 3.05) is 11.5 Å². The third kappa shape index (κ3) is 4.67. The van der Waals surface area contributed by atoms with E-state index in [2.05, 4.69) is 0 Å². The summed E-state index contributed by atoms with van der Waals surface area (Å²) in [5, 5.41) is 8.64. The SMILES string of the molecule is Cc1cccc(N2Cc3c(OCCCCCCC(=O)O)cccc3C2=O)c1. The van der Waals surface area contributed by atoms with Crippen LogP contribution < -0.4 is 9.64 Å². The lowest BCUT2D eigenvalue weighted by molar-refractivity contribution is -0.137. The van der Waals surface area contributed by atoms with Gasteiger partial charge < -0.3 is 14.7 Å². The predicted molar refractivity (Wildman–Crippen MR) is 104 cm³/mol. The molecular weight excluding hydrogens is 342 g/mol. The Labute approximate surface area is 159 Å². The molecule has 0 saturated heterocycles. The summed E-state index contributed by atoms with van der Waals surface area (Å²) in [6.45, 7) is 3.11. The molecule has 142 valence electrons. The molecule has 0 radical (unpaired) electrons. The van der Waals surface area contributed by atoms with Crippen LogP contribution in [0.2, 0.25) is 0 Å². The number of nitrogens with zero attached hydrogens (tertiary/aromatic N) is 1. The molecule has 0 unspecified atom stereocenters. The number of unbranched alkanes of at least 4 members (excludes halogenated alkanes) is 3. The van der Waals surface area contributed by atoms with Gasteiger partial charge in [0.05, 0.1) is 13.2 Å². The lowest BCUT2D eigenvalue weighted by Crippen LogP contribution is -2.22. The molecule has 1 aliphatic heterocycles. The molecule has 2 aromatic rings. The maximum atomic E-state index is 12.8. The average Bonchev–Trinajstić information content (AvgIpc) is 2.98. The standard InChI is InChI=1S/C22H25NO4/c1-16-8-6-9-17(14-16)23-15-19-18(22(23)26)10-7-11-20(19)27-13-5-3-2-4-12-21(24)25/h6-11,14H,2-5,12-13,15H2,1H3,(H,24,25). The first-order chi connectivity index (χ1) is 13.1. The van der Waals surface area contributed by atoms with E-state index >= 15 is 0 Å². The van der Waals surface area contributed by atoms with E-state index in [1.807, 2.05) is 49.4 Å². The van der Waals surface area contributed by atoms with Gasteiger partial charge in [0.2, 0.25) is 0 Å². The van der Waals surface area contributed by atoms with Gasteiger partial charge in [-0.3, -0.25) is 9.59 Å². The van der Waals surface area contributed by atoms with Crippen LogP contribution in [0.25, 0.3) is 0 Å². The van der Waals surface area contributed by atoms with Crippen molar-refractivity contribution in [3.8, 4) is 5.75 Å². The number of carbonyl (C=O) groups is 2. The van der Waals surface area contributed by atoms with Gasteiger partial charge in [0, 0.05) is 23.2 Å². The van der Waals surface area contributed by atoms with Crippen molar-refractivity contribution in [3.63, 3.8) is 0 Å². The molecule has 0 aromatic heterocycles. The number of aryl methyl sites for hydroxylation is 1. The largest absolute Gasteiger partial charge is 0.493 e. The van der Waals surface area contributed by atoms with Crippen LogP contribution in [0.15, 0.2) is 42.5 Å². The summed E-state index contributed by atoms with van der Waals surface area (Å²) in [5.41, 5.74) is 3.67. The number of hydrogen-bond donors (Lipinski definition) is 1. The summed E-state index contributed by atoms with van der Waals surface area (Å²) in [5.74, 6) is 0.0326. The number of ether oxygens (including phenoxy) is 1. The molecule has 0 fully saturated rings. The molecule has 1 aliphatic rings. The van der Waals surface area contributed by atoms with Gasteiger partial charge in [-0.1, -0.05) is 31.0 Å². The number of hydrogen-bond acceptors (Lipinski definition) is 3. The highest BCUT2D eigenvalue weighted by Gasteiger charge is 2.30. The van der Waals surface area contributed by atoms with Crippen molar-refractivity contribution in [2.45, 2.75) is 45.6 Å². The van der Waals surface area contributed by atoms with Gasteiger partial charge in [-0.15, -0.1) is 0 Å². The Kier molecular flexibility index (Phi) is 6.12. The van der Waals surface area contributed by atoms with E-state index in [1.165, 1.54) is 0 Å². The molecule has 0 spiro atoms. The van der Waals surface area contributed by atoms with Crippen LogP contribution in [0, 0.1) is 6.92 Å². The van der Waals surface area contributed by atoms with Crippen molar-refractivity contribution in [3.05, 3.63) is 59.2 Å². The Morgan fingerprint density at radius 3 is 2.67 bits per heavy atom. The van der Waals surface area contributed by atoms with Crippen LogP contribution in [0.1, 0.15) is 53.6 Å². The van der Waals surface area contributed by atoms with E-state index < -0.39 is 5.97 Å². The maximum absolute atomic E-state index is 12.8. The molecule has 1 amide bonds. The van der Waals surface area contributed by atoms with Crippen molar-refractivity contribution in [1.82, 2.24) is 0 Å². The summed E-state index contributed by atoms with van der Waals surface area (Å²) in [4.78, 5) is 25.1. The van der Waals surface area contributed by atoms with Crippen molar-refractivity contribution >= 4 is 17.6 Å². The summed E-state index contributed by atoms with van der Waals surface area (Å²) in [6, 6.07) is 13.6. The topological polar surface area (TPSA) is 66.8 Å². The van der Waals surface area contributed by atoms with Crippen LogP contribution in [0.5, 0.6) is 5.75 Å². The minimum atomic E-state index is -0.742. The highest BCUT2D eigenvalue weighted by atomic mass is 16.5. The van der Waals surface area contributed by atoms with Crippen LogP contribution in [0.4, 0.5) is 5.69 Å². The zero-order chi connectivity index (χ0) is 19.2. The fourth-order valence-corrected chi connectivity index (χ4v) is 3.36. The second-order valence-corrected chi connectivity index (χ2v) is 6.92. The number of carboxylic acid groups (broad SMARTS) is 1. The third-order valence-electron chi connectivity index (χ3n) is 4.78. The number of anilines is 1. The van der Waals surface area contributed by atoms with Gasteiger partial charge in [0.1, 0.15) is 5.75 Å². The van der Waals surface area contributed by atoms with Gasteiger partial charge >= 0.3 is 5.97 Å². The second kappa shape index (κ2) is 8.71. The number of carboxylic acids is 1. The van der Waals surface area contributed by atoms with Gasteiger partial charge in [-0.05, 0) is 49.6 Å². The van der Waals surface area contributed by atoms with Crippen molar-refractivity contribution in [1.29, 1.82) is 0 Å². The molecule has 5 nitrogen and oxygen atoms in total. The fourth-order valence-electron chi connectivity index (χ4n) is 3.36. The highest BCUT2D eigenvalue weighted by molar-refractivity contribution is 6.10. The number of rotatable bonds is 9. The smallest absolute Gasteiger partial charge is 0.303 e. The zero-order valence-electron chi connectivity index (χ0n) is 15.6. The highest BCUT2D eigenvalue weighted by Crippen LogP contribution is 2.34. The van der Waals surface area contributed by atoms with E-state index in [9.17, 15) is 9.59 Å². The van der Waals surface area contributed by atoms with Crippen molar-refractivity contribution < 1.29 is 19.4 Å². The Morgan fingerprint density at radius 1 is 1.11 bits per heavy atom. The number of amides is 1. The normalized spacial score (nSPS) is 12.9. The summed E-state index contributed by atoms with van der Waals surface area (Å²) in [6.07, 6.45) is 3.64. The molecular formula is C22H25NO4. The summed E-state index contributed by atoms with van der Waals surface area (Å²) < 4.78 is 5.94. The lowest BCUT2D eigenvalue weighted by Gasteiger charge is -2.16. The average molecular weight is 367 g/mol. The first-order valence-electron chi connectivity index (χ1n) is 9.41. The fraction of sp³-hybridized carbons (Fsp3) is 0.364. The van der Waals surface area contributed by atoms with Gasteiger partial charge in [-0.2, -0.15) is 0 Å². The third-order valence-corrected chi connectivity index (χ3v) is 4.78. The van der Waals surface area contributed by atoms with Gasteiger partial charge in [0.15, 0.2) is 0 Å². The van der Waals surface area contributed by atoms with Crippen molar-refractivity contribution in [2.24, 2.45) is 0 Å². The monoisotopic (exact) mass is 367 g/mol. The molecule has 0 bridgehead atoms. The van der Waals surface area contributed by atoms with E-state index in [0.717, 1.165) is 41.8 Å². The van der Waals surface area contributed by atoms with Crippen LogP contribution in [-0.4, -0.2) is 23.6 Å². The minimum Gasteiger partial charge on any atom is -0.493 e. The molecule has 1 N–H and O–H groups in total. The molecule has 3 rings (SSSR count). The Balaban J connectivity index is 1.58. The van der Waals surface area contributed by atoms with E-state index in [-0.39, 0.29) is 12.3 Å². The predicted octanol–water partition coefficient (Wildman–Crippen LogP) is 4.57.